The van der Waals surface area contributed by atoms with Crippen LogP contribution in [0, 0.1) is 5.21 Å². The van der Waals surface area contributed by atoms with E-state index in [9.17, 15) is 10.0 Å². The van der Waals surface area contributed by atoms with Gasteiger partial charge in [-0.2, -0.15) is 4.73 Å². The fourth-order valence-electron chi connectivity index (χ4n) is 3.27. The third kappa shape index (κ3) is 4.27. The van der Waals surface area contributed by atoms with Crippen LogP contribution in [0.3, 0.4) is 0 Å². The van der Waals surface area contributed by atoms with Crippen molar-refractivity contribution in [3.8, 4) is 17.0 Å². The van der Waals surface area contributed by atoms with Gasteiger partial charge in [-0.05, 0) is 42.8 Å². The summed E-state index contributed by atoms with van der Waals surface area (Å²) >= 11 is 3.49. The van der Waals surface area contributed by atoms with Crippen molar-refractivity contribution in [2.45, 2.75) is 20.0 Å². The first-order chi connectivity index (χ1) is 15.1. The van der Waals surface area contributed by atoms with Crippen molar-refractivity contribution in [3.05, 3.63) is 98.4 Å². The van der Waals surface area contributed by atoms with Crippen LogP contribution in [0.4, 0.5) is 0 Å². The van der Waals surface area contributed by atoms with Gasteiger partial charge in [0.15, 0.2) is 5.52 Å². The molecule has 1 aromatic heterocycles. The normalized spacial score (nSPS) is 10.9. The van der Waals surface area contributed by atoms with Crippen LogP contribution in [0.2, 0.25) is 0 Å². The van der Waals surface area contributed by atoms with E-state index in [1.54, 1.807) is 48.5 Å². The van der Waals surface area contributed by atoms with Crippen LogP contribution >= 0.6 is 15.9 Å². The quantitative estimate of drug-likeness (QED) is 0.288. The van der Waals surface area contributed by atoms with E-state index in [-0.39, 0.29) is 12.3 Å². The first-order valence-corrected chi connectivity index (χ1v) is 10.8. The van der Waals surface area contributed by atoms with Gasteiger partial charge in [0, 0.05) is 16.1 Å². The van der Waals surface area contributed by atoms with Crippen LogP contribution in [-0.4, -0.2) is 11.3 Å². The maximum Gasteiger partial charge on any atom is 0.357 e. The second-order valence-corrected chi connectivity index (χ2v) is 7.82. The second kappa shape index (κ2) is 9.22. The summed E-state index contributed by atoms with van der Waals surface area (Å²) in [4.78, 5) is 19.2. The molecule has 0 N–H and O–H groups in total. The van der Waals surface area contributed by atoms with Gasteiger partial charge in [-0.15, -0.1) is 4.73 Å². The van der Waals surface area contributed by atoms with Crippen molar-refractivity contribution in [1.29, 1.82) is 0 Å². The Bertz CT molecular complexity index is 1270. The number of nitrogens with zero attached hydrogens (tertiary/aromatic N) is 2. The topological polar surface area (TPSA) is 67.4 Å². The third-order valence-corrected chi connectivity index (χ3v) is 5.59. The molecule has 158 valence electrons. The fourth-order valence-corrected chi connectivity index (χ4v) is 3.67. The molecule has 0 bridgehead atoms. The average Bonchev–Trinajstić information content (AvgIpc) is 2.79. The van der Waals surface area contributed by atoms with Crippen molar-refractivity contribution in [3.63, 3.8) is 0 Å². The predicted octanol–water partition coefficient (Wildman–Crippen LogP) is 4.48. The highest BCUT2D eigenvalue weighted by Gasteiger charge is 2.23. The molecule has 0 aliphatic rings. The first kappa shape index (κ1) is 20.9. The predicted molar refractivity (Wildman–Crippen MR) is 123 cm³/mol. The monoisotopic (exact) mass is 480 g/mol. The number of hydrogen-bond acceptors (Lipinski definition) is 4. The number of fused-ring (bicyclic) bond motifs is 1. The van der Waals surface area contributed by atoms with Crippen LogP contribution < -0.4 is 19.9 Å². The molecule has 0 aliphatic carbocycles. The molecule has 0 saturated carbocycles. The highest BCUT2D eigenvalue weighted by Crippen LogP contribution is 2.20. The zero-order valence-corrected chi connectivity index (χ0v) is 18.5. The van der Waals surface area contributed by atoms with E-state index >= 15 is 0 Å². The summed E-state index contributed by atoms with van der Waals surface area (Å²) in [6.07, 6.45) is 0.895. The largest absolute Gasteiger partial charge is 0.618 e. The molecule has 0 amide bonds. The van der Waals surface area contributed by atoms with Gasteiger partial charge in [-0.3, -0.25) is 4.79 Å². The molecule has 3 aromatic carbocycles. The maximum absolute atomic E-state index is 13.3. The minimum absolute atomic E-state index is 0.00660. The summed E-state index contributed by atoms with van der Waals surface area (Å²) in [5.74, 6) is 0.689. The molecule has 31 heavy (non-hydrogen) atoms. The molecule has 0 spiro atoms. The SMILES string of the molecule is CCCOc1ccc(-c2c(=O)n(OCc3ccccc3Br)c3ccccc3[n+]2[O-])cc1. The van der Waals surface area contributed by atoms with Crippen LogP contribution in [0.25, 0.3) is 22.3 Å². The minimum Gasteiger partial charge on any atom is -0.618 e. The molecule has 4 aromatic rings. The molecule has 0 aliphatic heterocycles. The van der Waals surface area contributed by atoms with Gasteiger partial charge in [0.1, 0.15) is 12.4 Å². The highest BCUT2D eigenvalue weighted by atomic mass is 79.9. The van der Waals surface area contributed by atoms with Crippen molar-refractivity contribution in [1.82, 2.24) is 4.73 Å². The number of benzene rings is 3. The van der Waals surface area contributed by atoms with E-state index in [2.05, 4.69) is 15.9 Å². The Kier molecular flexibility index (Phi) is 6.23. The summed E-state index contributed by atoms with van der Waals surface area (Å²) in [6.45, 7) is 2.80. The van der Waals surface area contributed by atoms with E-state index in [4.69, 9.17) is 9.57 Å². The summed E-state index contributed by atoms with van der Waals surface area (Å²) in [5, 5.41) is 13.1. The Morgan fingerprint density at radius 3 is 2.45 bits per heavy atom. The lowest BCUT2D eigenvalue weighted by atomic mass is 10.1. The first-order valence-electron chi connectivity index (χ1n) is 9.97. The maximum atomic E-state index is 13.3. The van der Waals surface area contributed by atoms with Gasteiger partial charge in [-0.1, -0.05) is 53.2 Å². The number of para-hydroxylation sites is 2. The summed E-state index contributed by atoms with van der Waals surface area (Å²) in [7, 11) is 0. The number of hydrogen-bond donors (Lipinski definition) is 0. The van der Waals surface area contributed by atoms with Crippen LogP contribution in [0.1, 0.15) is 18.9 Å². The molecule has 0 unspecified atom stereocenters. The van der Waals surface area contributed by atoms with Gasteiger partial charge in [0.05, 0.1) is 12.2 Å². The Morgan fingerprint density at radius 2 is 1.71 bits per heavy atom. The zero-order chi connectivity index (χ0) is 21.8. The molecule has 0 radical (unpaired) electrons. The molecule has 4 rings (SSSR count). The van der Waals surface area contributed by atoms with Gasteiger partial charge in [-0.25, -0.2) is 0 Å². The molecule has 0 saturated heterocycles. The van der Waals surface area contributed by atoms with Gasteiger partial charge in [0.2, 0.25) is 5.52 Å². The van der Waals surface area contributed by atoms with Crippen LogP contribution in [-0.2, 0) is 6.61 Å². The number of ether oxygens (including phenoxy) is 1. The molecule has 1 heterocycles. The van der Waals surface area contributed by atoms with Gasteiger partial charge >= 0.3 is 5.56 Å². The minimum atomic E-state index is -0.525. The van der Waals surface area contributed by atoms with E-state index in [0.29, 0.717) is 33.7 Å². The van der Waals surface area contributed by atoms with E-state index in [0.717, 1.165) is 16.5 Å². The lowest BCUT2D eigenvalue weighted by molar-refractivity contribution is -0.566. The van der Waals surface area contributed by atoms with Crippen molar-refractivity contribution >= 4 is 27.0 Å². The molecule has 6 nitrogen and oxygen atoms in total. The van der Waals surface area contributed by atoms with Gasteiger partial charge < -0.3 is 14.8 Å². The smallest absolute Gasteiger partial charge is 0.357 e. The highest BCUT2D eigenvalue weighted by molar-refractivity contribution is 9.10. The average molecular weight is 481 g/mol. The van der Waals surface area contributed by atoms with E-state index in [1.807, 2.05) is 31.2 Å². The summed E-state index contributed by atoms with van der Waals surface area (Å²) in [5.41, 5.74) is 1.59. The standard InChI is InChI=1S/C24H21BrN2O4/c1-2-15-30-19-13-11-17(12-14-19)23-24(28)27(22-10-6-5-9-21(22)26(23)29)31-16-18-7-3-4-8-20(18)25/h3-14H,2,15-16H2,1H3. The number of halogens is 1. The third-order valence-electron chi connectivity index (χ3n) is 4.82. The molecule has 7 heteroatoms. The lowest BCUT2D eigenvalue weighted by Gasteiger charge is -2.15. The van der Waals surface area contributed by atoms with Gasteiger partial charge in [0.25, 0.3) is 5.69 Å². The van der Waals surface area contributed by atoms with Crippen LogP contribution in [0.5, 0.6) is 5.75 Å². The molecule has 0 atom stereocenters. The lowest BCUT2D eigenvalue weighted by Crippen LogP contribution is -2.42. The molecular formula is C24H21BrN2O4. The van der Waals surface area contributed by atoms with Crippen molar-refractivity contribution in [2.24, 2.45) is 0 Å². The second-order valence-electron chi connectivity index (χ2n) is 6.97. The molecular weight excluding hydrogens is 460 g/mol. The Balaban J connectivity index is 1.79. The molecule has 0 fully saturated rings. The van der Waals surface area contributed by atoms with Crippen molar-refractivity contribution < 1.29 is 14.3 Å². The number of aromatic nitrogens is 2. The Hall–Kier alpha value is -3.32. The van der Waals surface area contributed by atoms with E-state index < -0.39 is 5.56 Å². The Morgan fingerprint density at radius 1 is 1.00 bits per heavy atom. The fraction of sp³-hybridized carbons (Fsp3) is 0.167. The van der Waals surface area contributed by atoms with Crippen LogP contribution in [0.15, 0.2) is 82.1 Å². The zero-order valence-electron chi connectivity index (χ0n) is 17.0. The Labute approximate surface area is 188 Å². The summed E-state index contributed by atoms with van der Waals surface area (Å²) < 4.78 is 8.34. The van der Waals surface area contributed by atoms with E-state index in [1.165, 1.54) is 4.73 Å². The summed E-state index contributed by atoms with van der Waals surface area (Å²) in [6, 6.07) is 21.4. The number of rotatable bonds is 7. The van der Waals surface area contributed by atoms with Crippen molar-refractivity contribution in [2.75, 3.05) is 6.61 Å².